The van der Waals surface area contributed by atoms with Gasteiger partial charge in [0.25, 0.3) is 0 Å². The van der Waals surface area contributed by atoms with E-state index in [1.54, 1.807) is 17.2 Å². The molecule has 124 valence electrons. The van der Waals surface area contributed by atoms with Crippen molar-refractivity contribution in [3.8, 4) is 5.69 Å². The summed E-state index contributed by atoms with van der Waals surface area (Å²) in [6.07, 6.45) is 7.30. The second-order valence-electron chi connectivity index (χ2n) is 6.23. The smallest absolute Gasteiger partial charge is 0.138 e. The summed E-state index contributed by atoms with van der Waals surface area (Å²) >= 11 is 0. The third-order valence-corrected chi connectivity index (χ3v) is 4.63. The van der Waals surface area contributed by atoms with Gasteiger partial charge in [0.15, 0.2) is 0 Å². The number of aliphatic hydroxyl groups is 1. The molecule has 7 heteroatoms. The molecular weight excluding hydrogens is 304 g/mol. The summed E-state index contributed by atoms with van der Waals surface area (Å²) in [5.74, 6) is 0. The van der Waals surface area contributed by atoms with E-state index in [0.29, 0.717) is 0 Å². The molecule has 1 fully saturated rings. The maximum atomic E-state index is 10.0. The number of benzene rings is 1. The first-order chi connectivity index (χ1) is 11.7. The lowest BCUT2D eigenvalue weighted by atomic mass is 9.83. The number of hydrogen-bond acceptors (Lipinski definition) is 5. The van der Waals surface area contributed by atoms with Crippen molar-refractivity contribution >= 4 is 0 Å². The Kier molecular flexibility index (Phi) is 3.87. The van der Waals surface area contributed by atoms with Crippen molar-refractivity contribution in [2.45, 2.75) is 38.1 Å². The zero-order valence-corrected chi connectivity index (χ0v) is 13.4. The molecule has 0 radical (unpaired) electrons. The number of aryl methyl sites for hydroxylation is 1. The molecule has 1 aliphatic rings. The molecule has 2 N–H and O–H groups in total. The summed E-state index contributed by atoms with van der Waals surface area (Å²) in [5.41, 5.74) is 3.39. The maximum absolute atomic E-state index is 10.0. The molecule has 1 aliphatic carbocycles. The van der Waals surface area contributed by atoms with E-state index in [9.17, 15) is 5.11 Å². The average molecular weight is 324 g/mol. The van der Waals surface area contributed by atoms with Crippen LogP contribution in [0.25, 0.3) is 5.69 Å². The van der Waals surface area contributed by atoms with Crippen LogP contribution in [0, 0.1) is 6.92 Å². The van der Waals surface area contributed by atoms with Crippen molar-refractivity contribution in [2.24, 2.45) is 0 Å². The minimum Gasteiger partial charge on any atom is -0.391 e. The minimum absolute atomic E-state index is 0.00974. The van der Waals surface area contributed by atoms with Crippen LogP contribution in [0.4, 0.5) is 0 Å². The summed E-state index contributed by atoms with van der Waals surface area (Å²) in [5, 5.41) is 22.0. The lowest BCUT2D eigenvalue weighted by Gasteiger charge is -2.42. The Morgan fingerprint density at radius 2 is 2.25 bits per heavy atom. The van der Waals surface area contributed by atoms with Crippen molar-refractivity contribution in [3.63, 3.8) is 0 Å². The van der Waals surface area contributed by atoms with E-state index in [-0.39, 0.29) is 18.2 Å². The molecule has 7 nitrogen and oxygen atoms in total. The van der Waals surface area contributed by atoms with E-state index < -0.39 is 0 Å². The Morgan fingerprint density at radius 3 is 2.92 bits per heavy atom. The number of aliphatic hydroxyl groups excluding tert-OH is 1. The van der Waals surface area contributed by atoms with E-state index in [2.05, 4.69) is 45.6 Å². The Balaban J connectivity index is 1.42. The molecule has 0 aliphatic heterocycles. The fourth-order valence-corrected chi connectivity index (χ4v) is 3.30. The minimum atomic E-state index is -0.334. The quantitative estimate of drug-likeness (QED) is 0.738. The van der Waals surface area contributed by atoms with Crippen LogP contribution in [-0.4, -0.2) is 41.8 Å². The van der Waals surface area contributed by atoms with E-state index in [0.717, 1.165) is 24.2 Å². The second-order valence-corrected chi connectivity index (χ2v) is 6.23. The van der Waals surface area contributed by atoms with Gasteiger partial charge in [-0.1, -0.05) is 12.1 Å². The standard InChI is InChI=1S/C17H20N6O/c1-12-7-13(3-4-15(12)23-11-18-10-21-23)9-19-14-8-16(24)17(14)22-6-2-5-20-22/h2-7,10-11,14,16-17,19,24H,8-9H2,1H3/t14-,16+,17+/m0/s1. The molecule has 0 amide bonds. The number of hydrogen-bond donors (Lipinski definition) is 2. The first-order valence-corrected chi connectivity index (χ1v) is 8.07. The molecule has 0 unspecified atom stereocenters. The van der Waals surface area contributed by atoms with Crippen LogP contribution in [0.15, 0.2) is 49.3 Å². The molecule has 0 saturated heterocycles. The molecule has 24 heavy (non-hydrogen) atoms. The van der Waals surface area contributed by atoms with E-state index >= 15 is 0 Å². The Morgan fingerprint density at radius 1 is 1.33 bits per heavy atom. The summed E-state index contributed by atoms with van der Waals surface area (Å²) in [6, 6.07) is 8.43. The first-order valence-electron chi connectivity index (χ1n) is 8.07. The predicted octanol–water partition coefficient (Wildman–Crippen LogP) is 1.24. The van der Waals surface area contributed by atoms with Gasteiger partial charge < -0.3 is 10.4 Å². The van der Waals surface area contributed by atoms with Gasteiger partial charge >= 0.3 is 0 Å². The fourth-order valence-electron chi connectivity index (χ4n) is 3.30. The summed E-state index contributed by atoms with van der Waals surface area (Å²) < 4.78 is 3.60. The molecule has 0 bridgehead atoms. The molecular formula is C17H20N6O. The largest absolute Gasteiger partial charge is 0.391 e. The van der Waals surface area contributed by atoms with E-state index in [1.807, 2.05) is 16.9 Å². The van der Waals surface area contributed by atoms with Crippen LogP contribution in [0.3, 0.4) is 0 Å². The molecule has 1 aromatic carbocycles. The van der Waals surface area contributed by atoms with Gasteiger partial charge in [0.05, 0.1) is 17.8 Å². The number of nitrogens with one attached hydrogen (secondary N) is 1. The number of aromatic nitrogens is 5. The topological polar surface area (TPSA) is 80.8 Å². The van der Waals surface area contributed by atoms with Crippen LogP contribution in [-0.2, 0) is 6.54 Å². The van der Waals surface area contributed by atoms with Gasteiger partial charge in [0.1, 0.15) is 12.7 Å². The van der Waals surface area contributed by atoms with Crippen LogP contribution in [0.1, 0.15) is 23.6 Å². The van der Waals surface area contributed by atoms with Gasteiger partial charge in [0, 0.05) is 25.0 Å². The van der Waals surface area contributed by atoms with E-state index in [4.69, 9.17) is 0 Å². The van der Waals surface area contributed by atoms with Gasteiger partial charge in [-0.15, -0.1) is 0 Å². The highest BCUT2D eigenvalue weighted by atomic mass is 16.3. The lowest BCUT2D eigenvalue weighted by Crippen LogP contribution is -2.54. The monoisotopic (exact) mass is 324 g/mol. The second kappa shape index (κ2) is 6.18. The highest BCUT2D eigenvalue weighted by Crippen LogP contribution is 2.32. The molecule has 1 saturated carbocycles. The predicted molar refractivity (Wildman–Crippen MR) is 88.6 cm³/mol. The van der Waals surface area contributed by atoms with Crippen molar-refractivity contribution < 1.29 is 5.11 Å². The molecule has 2 aromatic heterocycles. The average Bonchev–Trinajstić information content (AvgIpc) is 3.25. The van der Waals surface area contributed by atoms with Gasteiger partial charge in [0.2, 0.25) is 0 Å². The highest BCUT2D eigenvalue weighted by molar-refractivity contribution is 5.41. The molecule has 2 heterocycles. The van der Waals surface area contributed by atoms with Gasteiger partial charge in [-0.05, 0) is 36.6 Å². The van der Waals surface area contributed by atoms with Crippen LogP contribution < -0.4 is 5.32 Å². The summed E-state index contributed by atoms with van der Waals surface area (Å²) in [4.78, 5) is 3.99. The third kappa shape index (κ3) is 2.72. The Labute approximate surface area is 140 Å². The third-order valence-electron chi connectivity index (χ3n) is 4.63. The van der Waals surface area contributed by atoms with Crippen molar-refractivity contribution in [1.29, 1.82) is 0 Å². The molecule has 3 atom stereocenters. The van der Waals surface area contributed by atoms with Gasteiger partial charge in [-0.3, -0.25) is 4.68 Å². The van der Waals surface area contributed by atoms with Gasteiger partial charge in [-0.2, -0.15) is 10.2 Å². The fraction of sp³-hybridized carbons (Fsp3) is 0.353. The van der Waals surface area contributed by atoms with Gasteiger partial charge in [-0.25, -0.2) is 9.67 Å². The Hall–Kier alpha value is -2.51. The SMILES string of the molecule is Cc1cc(CN[C@H]2C[C@@H](O)[C@@H]2n2cccn2)ccc1-n1cncn1. The molecule has 4 rings (SSSR count). The normalized spacial score (nSPS) is 23.2. The summed E-state index contributed by atoms with van der Waals surface area (Å²) in [7, 11) is 0. The maximum Gasteiger partial charge on any atom is 0.138 e. The van der Waals surface area contributed by atoms with Crippen LogP contribution in [0.2, 0.25) is 0 Å². The molecule has 3 aromatic rings. The molecule has 0 spiro atoms. The lowest BCUT2D eigenvalue weighted by molar-refractivity contribution is -0.00822. The van der Waals surface area contributed by atoms with Crippen molar-refractivity contribution in [2.75, 3.05) is 0 Å². The highest BCUT2D eigenvalue weighted by Gasteiger charge is 2.41. The Bertz CT molecular complexity index is 799. The zero-order valence-electron chi connectivity index (χ0n) is 13.4. The van der Waals surface area contributed by atoms with Crippen LogP contribution in [0.5, 0.6) is 0 Å². The number of nitrogens with zero attached hydrogens (tertiary/aromatic N) is 5. The van der Waals surface area contributed by atoms with Crippen molar-refractivity contribution in [1.82, 2.24) is 29.9 Å². The first kappa shape index (κ1) is 15.0. The van der Waals surface area contributed by atoms with Crippen molar-refractivity contribution in [3.05, 3.63) is 60.4 Å². The summed E-state index contributed by atoms with van der Waals surface area (Å²) in [6.45, 7) is 2.83. The van der Waals surface area contributed by atoms with E-state index in [1.165, 1.54) is 11.9 Å². The zero-order chi connectivity index (χ0) is 16.5. The van der Waals surface area contributed by atoms with Crippen LogP contribution >= 0.6 is 0 Å². The number of rotatable bonds is 5.